The van der Waals surface area contributed by atoms with Crippen molar-refractivity contribution in [2.75, 3.05) is 6.61 Å². The maximum atomic E-state index is 11.2. The van der Waals surface area contributed by atoms with Gasteiger partial charge < -0.3 is 9.26 Å². The molecular formula is C7H7N5O3. The Labute approximate surface area is 83.7 Å². The fourth-order valence-corrected chi connectivity index (χ4v) is 0.909. The minimum atomic E-state index is -0.657. The summed E-state index contributed by atoms with van der Waals surface area (Å²) in [5, 5.41) is 9.70. The molecule has 0 bridgehead atoms. The van der Waals surface area contributed by atoms with Gasteiger partial charge in [-0.15, -0.1) is 0 Å². The lowest BCUT2D eigenvalue weighted by Gasteiger charge is -1.93. The van der Waals surface area contributed by atoms with E-state index in [9.17, 15) is 4.79 Å². The molecule has 0 spiro atoms. The molecule has 8 nitrogen and oxygen atoms in total. The van der Waals surface area contributed by atoms with Crippen LogP contribution in [0.4, 0.5) is 0 Å². The molecule has 0 aliphatic rings. The normalized spacial score (nSPS) is 10.2. The van der Waals surface area contributed by atoms with Gasteiger partial charge in [0.25, 0.3) is 0 Å². The predicted octanol–water partition coefficient (Wildman–Crippen LogP) is 0.0314. The van der Waals surface area contributed by atoms with Crippen LogP contribution in [-0.2, 0) is 4.74 Å². The summed E-state index contributed by atoms with van der Waals surface area (Å²) in [5.74, 6) is -0.371. The van der Waals surface area contributed by atoms with Crippen molar-refractivity contribution in [3.05, 3.63) is 12.2 Å². The van der Waals surface area contributed by atoms with E-state index >= 15 is 0 Å². The van der Waals surface area contributed by atoms with E-state index in [4.69, 9.17) is 0 Å². The van der Waals surface area contributed by atoms with Crippen LogP contribution in [-0.4, -0.2) is 37.9 Å². The predicted molar refractivity (Wildman–Crippen MR) is 45.6 cm³/mol. The lowest BCUT2D eigenvalue weighted by atomic mass is 10.6. The van der Waals surface area contributed by atoms with E-state index in [1.807, 2.05) is 0 Å². The molecule has 0 unspecified atom stereocenters. The fraction of sp³-hybridized carbons (Fsp3) is 0.286. The van der Waals surface area contributed by atoms with Crippen molar-refractivity contribution in [3.8, 4) is 11.6 Å². The average molecular weight is 209 g/mol. The first-order chi connectivity index (χ1) is 7.31. The molecule has 1 N–H and O–H groups in total. The summed E-state index contributed by atoms with van der Waals surface area (Å²) in [6.45, 7) is 1.94. The standard InChI is InChI=1S/C7H7N5O3/c1-2-14-7(13)6-10-5(12-15-6)4-8-3-9-11-4/h3H,2H2,1H3,(H,8,9,11). The summed E-state index contributed by atoms with van der Waals surface area (Å²) in [5.41, 5.74) is 0. The first kappa shape index (κ1) is 9.31. The van der Waals surface area contributed by atoms with Gasteiger partial charge in [0.15, 0.2) is 5.82 Å². The third-order valence-corrected chi connectivity index (χ3v) is 1.50. The van der Waals surface area contributed by atoms with Gasteiger partial charge in [-0.05, 0) is 6.92 Å². The Morgan fingerprint density at radius 2 is 2.53 bits per heavy atom. The number of hydrogen-bond acceptors (Lipinski definition) is 7. The van der Waals surface area contributed by atoms with Crippen LogP contribution >= 0.6 is 0 Å². The molecule has 2 heterocycles. The van der Waals surface area contributed by atoms with Crippen LogP contribution in [0.1, 0.15) is 17.6 Å². The van der Waals surface area contributed by atoms with E-state index in [2.05, 4.69) is 34.6 Å². The molecule has 2 aromatic rings. The summed E-state index contributed by atoms with van der Waals surface area (Å²) < 4.78 is 9.36. The highest BCUT2D eigenvalue weighted by molar-refractivity contribution is 5.84. The summed E-state index contributed by atoms with van der Waals surface area (Å²) in [4.78, 5) is 18.7. The van der Waals surface area contributed by atoms with Crippen LogP contribution in [0.5, 0.6) is 0 Å². The smallest absolute Gasteiger partial charge is 0.397 e. The SMILES string of the molecule is CCOC(=O)c1nc(-c2ncn[nH]2)no1. The molecule has 2 rings (SSSR count). The highest BCUT2D eigenvalue weighted by atomic mass is 16.6. The zero-order valence-corrected chi connectivity index (χ0v) is 7.80. The van der Waals surface area contributed by atoms with Crippen LogP contribution in [0.25, 0.3) is 11.6 Å². The van der Waals surface area contributed by atoms with Crippen molar-refractivity contribution in [2.24, 2.45) is 0 Å². The molecule has 8 heteroatoms. The van der Waals surface area contributed by atoms with Crippen molar-refractivity contribution in [1.82, 2.24) is 25.3 Å². The van der Waals surface area contributed by atoms with Crippen molar-refractivity contribution in [1.29, 1.82) is 0 Å². The van der Waals surface area contributed by atoms with Crippen LogP contribution in [0.15, 0.2) is 10.9 Å². The molecule has 0 saturated heterocycles. The maximum absolute atomic E-state index is 11.2. The van der Waals surface area contributed by atoms with Gasteiger partial charge in [0.05, 0.1) is 6.61 Å². The first-order valence-electron chi connectivity index (χ1n) is 4.18. The summed E-state index contributed by atoms with van der Waals surface area (Å²) in [7, 11) is 0. The Balaban J connectivity index is 2.21. The van der Waals surface area contributed by atoms with E-state index in [1.54, 1.807) is 6.92 Å². The molecule has 0 amide bonds. The maximum Gasteiger partial charge on any atom is 0.397 e. The lowest BCUT2D eigenvalue weighted by Crippen LogP contribution is -2.04. The Morgan fingerprint density at radius 3 is 3.20 bits per heavy atom. The highest BCUT2D eigenvalue weighted by Crippen LogP contribution is 2.09. The van der Waals surface area contributed by atoms with E-state index in [-0.39, 0.29) is 18.3 Å². The second kappa shape index (κ2) is 3.86. The van der Waals surface area contributed by atoms with Gasteiger partial charge in [-0.25, -0.2) is 9.78 Å². The summed E-state index contributed by atoms with van der Waals surface area (Å²) in [6.07, 6.45) is 1.30. The molecule has 15 heavy (non-hydrogen) atoms. The Bertz CT molecular complexity index is 449. The zero-order chi connectivity index (χ0) is 10.7. The second-order valence-corrected chi connectivity index (χ2v) is 2.48. The lowest BCUT2D eigenvalue weighted by molar-refractivity contribution is 0.0470. The van der Waals surface area contributed by atoms with Crippen LogP contribution in [0, 0.1) is 0 Å². The van der Waals surface area contributed by atoms with Gasteiger partial charge in [-0.1, -0.05) is 5.16 Å². The zero-order valence-electron chi connectivity index (χ0n) is 7.80. The third kappa shape index (κ3) is 1.82. The first-order valence-corrected chi connectivity index (χ1v) is 4.18. The number of H-pyrrole nitrogens is 1. The fourth-order valence-electron chi connectivity index (χ4n) is 0.909. The van der Waals surface area contributed by atoms with E-state index in [0.29, 0.717) is 5.82 Å². The molecule has 0 fully saturated rings. The third-order valence-electron chi connectivity index (χ3n) is 1.50. The number of nitrogens with zero attached hydrogens (tertiary/aromatic N) is 4. The number of hydrogen-bond donors (Lipinski definition) is 1. The second-order valence-electron chi connectivity index (χ2n) is 2.48. The molecule has 0 aliphatic heterocycles. The van der Waals surface area contributed by atoms with Crippen molar-refractivity contribution >= 4 is 5.97 Å². The highest BCUT2D eigenvalue weighted by Gasteiger charge is 2.18. The van der Waals surface area contributed by atoms with Gasteiger partial charge in [0.2, 0.25) is 5.82 Å². The summed E-state index contributed by atoms with van der Waals surface area (Å²) >= 11 is 0. The van der Waals surface area contributed by atoms with Crippen LogP contribution in [0.3, 0.4) is 0 Å². The van der Waals surface area contributed by atoms with Gasteiger partial charge >= 0.3 is 11.9 Å². The molecular weight excluding hydrogens is 202 g/mol. The quantitative estimate of drug-likeness (QED) is 0.710. The number of aromatic amines is 1. The van der Waals surface area contributed by atoms with Crippen molar-refractivity contribution in [2.45, 2.75) is 6.92 Å². The molecule has 0 saturated carbocycles. The van der Waals surface area contributed by atoms with Gasteiger partial charge in [0, 0.05) is 0 Å². The average Bonchev–Trinajstić information content (AvgIpc) is 2.89. The number of carbonyl (C=O) groups is 1. The van der Waals surface area contributed by atoms with E-state index in [0.717, 1.165) is 0 Å². The van der Waals surface area contributed by atoms with E-state index in [1.165, 1.54) is 6.33 Å². The molecule has 2 aromatic heterocycles. The topological polar surface area (TPSA) is 107 Å². The molecule has 0 aromatic carbocycles. The minimum absolute atomic E-state index is 0.163. The summed E-state index contributed by atoms with van der Waals surface area (Å²) in [6, 6.07) is 0. The molecule has 78 valence electrons. The monoisotopic (exact) mass is 209 g/mol. The number of esters is 1. The Hall–Kier alpha value is -2.25. The van der Waals surface area contributed by atoms with Crippen molar-refractivity contribution < 1.29 is 14.1 Å². The Kier molecular flexibility index (Phi) is 2.40. The number of carbonyl (C=O) groups excluding carboxylic acids is 1. The van der Waals surface area contributed by atoms with Crippen molar-refractivity contribution in [3.63, 3.8) is 0 Å². The van der Waals surface area contributed by atoms with Crippen LogP contribution in [0.2, 0.25) is 0 Å². The largest absolute Gasteiger partial charge is 0.459 e. The minimum Gasteiger partial charge on any atom is -0.459 e. The number of rotatable bonds is 3. The van der Waals surface area contributed by atoms with Gasteiger partial charge in [0.1, 0.15) is 6.33 Å². The number of ether oxygens (including phenoxy) is 1. The van der Waals surface area contributed by atoms with Crippen LogP contribution < -0.4 is 0 Å². The van der Waals surface area contributed by atoms with Gasteiger partial charge in [-0.3, -0.25) is 5.10 Å². The molecule has 0 radical (unpaired) electrons. The number of nitrogens with one attached hydrogen (secondary N) is 1. The Morgan fingerprint density at radius 1 is 1.67 bits per heavy atom. The number of aromatic nitrogens is 5. The molecule has 0 atom stereocenters. The van der Waals surface area contributed by atoms with E-state index < -0.39 is 5.97 Å². The molecule has 0 aliphatic carbocycles. The van der Waals surface area contributed by atoms with Gasteiger partial charge in [-0.2, -0.15) is 10.1 Å².